The third kappa shape index (κ3) is 2.62. The van der Waals surface area contributed by atoms with Gasteiger partial charge in [-0.25, -0.2) is 0 Å². The lowest BCUT2D eigenvalue weighted by atomic mass is 9.97. The quantitative estimate of drug-likeness (QED) is 0.861. The number of likely N-dealkylation sites (N-methyl/N-ethyl adjacent to an activating group) is 1. The molecule has 1 aliphatic carbocycles. The van der Waals surface area contributed by atoms with Crippen molar-refractivity contribution in [3.63, 3.8) is 0 Å². The number of hydrogen-bond acceptors (Lipinski definition) is 4. The molecule has 1 saturated carbocycles. The molecule has 2 unspecified atom stereocenters. The van der Waals surface area contributed by atoms with Crippen molar-refractivity contribution in [3.8, 4) is 0 Å². The van der Waals surface area contributed by atoms with Gasteiger partial charge in [-0.1, -0.05) is 18.5 Å². The van der Waals surface area contributed by atoms with E-state index in [1.54, 1.807) is 0 Å². The summed E-state index contributed by atoms with van der Waals surface area (Å²) < 4.78 is 6.82. The molecule has 19 heavy (non-hydrogen) atoms. The van der Waals surface area contributed by atoms with Crippen LogP contribution >= 0.6 is 11.6 Å². The molecule has 0 amide bonds. The molecular weight excluding hydrogens is 266 g/mol. The summed E-state index contributed by atoms with van der Waals surface area (Å²) in [4.78, 5) is 12.0. The van der Waals surface area contributed by atoms with Gasteiger partial charge in [-0.2, -0.15) is 5.10 Å². The molecule has 1 heterocycles. The van der Waals surface area contributed by atoms with E-state index in [0.717, 1.165) is 25.1 Å². The molecule has 2 atom stereocenters. The normalized spacial score (nSPS) is 26.6. The maximum Gasteiger partial charge on any atom is 0.326 e. The minimum Gasteiger partial charge on any atom is -0.468 e. The zero-order valence-corrected chi connectivity index (χ0v) is 12.3. The number of hydrogen-bond donors (Lipinski definition) is 1. The van der Waals surface area contributed by atoms with Gasteiger partial charge in [0, 0.05) is 6.20 Å². The van der Waals surface area contributed by atoms with E-state index in [1.165, 1.54) is 7.11 Å². The molecule has 1 fully saturated rings. The number of halogens is 1. The number of ether oxygens (including phenoxy) is 1. The third-order valence-electron chi connectivity index (χ3n) is 3.81. The molecule has 6 heteroatoms. The topological polar surface area (TPSA) is 56.1 Å². The van der Waals surface area contributed by atoms with Crippen LogP contribution in [0.1, 0.15) is 37.9 Å². The number of nitrogens with zero attached hydrogens (tertiary/aromatic N) is 2. The molecule has 1 aliphatic rings. The Kier molecular flexibility index (Phi) is 4.16. The Morgan fingerprint density at radius 1 is 1.74 bits per heavy atom. The van der Waals surface area contributed by atoms with E-state index >= 15 is 0 Å². The first-order valence-electron chi connectivity index (χ1n) is 6.57. The van der Waals surface area contributed by atoms with E-state index in [0.29, 0.717) is 11.4 Å². The molecule has 2 rings (SSSR count). The summed E-state index contributed by atoms with van der Waals surface area (Å²) in [7, 11) is 1.43. The van der Waals surface area contributed by atoms with Crippen molar-refractivity contribution in [3.05, 3.63) is 16.9 Å². The number of methoxy groups -OCH3 is 1. The highest BCUT2D eigenvalue weighted by atomic mass is 35.5. The van der Waals surface area contributed by atoms with Crippen molar-refractivity contribution < 1.29 is 9.53 Å². The van der Waals surface area contributed by atoms with E-state index in [4.69, 9.17) is 16.3 Å². The van der Waals surface area contributed by atoms with Crippen LogP contribution < -0.4 is 5.32 Å². The SMILES string of the molecule is CCNC1(C(=O)OC)CCC(n2cc(Cl)c(C)n2)C1. The second-order valence-electron chi connectivity index (χ2n) is 5.04. The standard InChI is InChI=1S/C13H20ClN3O2/c1-4-15-13(12(18)19-3)6-5-10(7-13)17-8-11(14)9(2)16-17/h8,10,15H,4-7H2,1-3H3. The van der Waals surface area contributed by atoms with Gasteiger partial charge in [-0.05, 0) is 32.7 Å². The van der Waals surface area contributed by atoms with Crippen molar-refractivity contribution in [1.29, 1.82) is 0 Å². The zero-order chi connectivity index (χ0) is 14.0. The van der Waals surface area contributed by atoms with Gasteiger partial charge in [0.25, 0.3) is 0 Å². The minimum atomic E-state index is -0.583. The summed E-state index contributed by atoms with van der Waals surface area (Å²) in [6.45, 7) is 4.61. The number of carbonyl (C=O) groups excluding carboxylic acids is 1. The van der Waals surface area contributed by atoms with Crippen molar-refractivity contribution in [2.75, 3.05) is 13.7 Å². The molecule has 106 valence electrons. The fourth-order valence-electron chi connectivity index (χ4n) is 2.84. The van der Waals surface area contributed by atoms with Gasteiger partial charge in [0.05, 0.1) is 23.9 Å². The van der Waals surface area contributed by atoms with Gasteiger partial charge < -0.3 is 10.1 Å². The first kappa shape index (κ1) is 14.3. The van der Waals surface area contributed by atoms with Gasteiger partial charge >= 0.3 is 5.97 Å². The largest absolute Gasteiger partial charge is 0.468 e. The molecule has 1 N–H and O–H groups in total. The summed E-state index contributed by atoms with van der Waals surface area (Å²) in [5.74, 6) is -0.188. The molecular formula is C13H20ClN3O2. The lowest BCUT2D eigenvalue weighted by molar-refractivity contribution is -0.148. The number of esters is 1. The first-order chi connectivity index (χ1) is 9.02. The van der Waals surface area contributed by atoms with E-state index in [-0.39, 0.29) is 12.0 Å². The number of aromatic nitrogens is 2. The molecule has 1 aromatic rings. The van der Waals surface area contributed by atoms with Crippen molar-refractivity contribution in [2.24, 2.45) is 0 Å². The van der Waals surface area contributed by atoms with Gasteiger partial charge in [-0.3, -0.25) is 9.48 Å². The van der Waals surface area contributed by atoms with Crippen LogP contribution in [0.2, 0.25) is 5.02 Å². The fraction of sp³-hybridized carbons (Fsp3) is 0.692. The van der Waals surface area contributed by atoms with E-state index < -0.39 is 5.54 Å². The highest BCUT2D eigenvalue weighted by molar-refractivity contribution is 6.31. The van der Waals surface area contributed by atoms with Crippen molar-refractivity contribution in [2.45, 2.75) is 44.7 Å². The van der Waals surface area contributed by atoms with Crippen LogP contribution in [-0.2, 0) is 9.53 Å². The smallest absolute Gasteiger partial charge is 0.326 e. The van der Waals surface area contributed by atoms with Crippen molar-refractivity contribution in [1.82, 2.24) is 15.1 Å². The number of carbonyl (C=O) groups is 1. The monoisotopic (exact) mass is 285 g/mol. The predicted octanol–water partition coefficient (Wildman–Crippen LogP) is 2.09. The van der Waals surface area contributed by atoms with Gasteiger partial charge in [0.2, 0.25) is 0 Å². The van der Waals surface area contributed by atoms with Crippen LogP contribution in [-0.4, -0.2) is 34.9 Å². The first-order valence-corrected chi connectivity index (χ1v) is 6.95. The molecule has 0 spiro atoms. The molecule has 0 aliphatic heterocycles. The van der Waals surface area contributed by atoms with E-state index in [9.17, 15) is 4.79 Å². The minimum absolute atomic E-state index is 0.185. The summed E-state index contributed by atoms with van der Waals surface area (Å²) >= 11 is 6.04. The Morgan fingerprint density at radius 2 is 2.47 bits per heavy atom. The van der Waals surface area contributed by atoms with Crippen LogP contribution in [0.25, 0.3) is 0 Å². The highest BCUT2D eigenvalue weighted by Gasteiger charge is 2.46. The summed E-state index contributed by atoms with van der Waals surface area (Å²) in [5, 5.41) is 8.35. The Balaban J connectivity index is 2.18. The van der Waals surface area contributed by atoms with Gasteiger partial charge in [0.15, 0.2) is 0 Å². The fourth-order valence-corrected chi connectivity index (χ4v) is 2.98. The Morgan fingerprint density at radius 3 is 3.00 bits per heavy atom. The maximum absolute atomic E-state index is 12.0. The van der Waals surface area contributed by atoms with Crippen LogP contribution in [0.15, 0.2) is 6.20 Å². The highest BCUT2D eigenvalue weighted by Crippen LogP contribution is 2.38. The molecule has 0 aromatic carbocycles. The van der Waals surface area contributed by atoms with Crippen LogP contribution in [0.3, 0.4) is 0 Å². The number of nitrogens with one attached hydrogen (secondary N) is 1. The zero-order valence-electron chi connectivity index (χ0n) is 11.6. The molecule has 5 nitrogen and oxygen atoms in total. The summed E-state index contributed by atoms with van der Waals surface area (Å²) in [6, 6.07) is 0.185. The number of aryl methyl sites for hydroxylation is 1. The lowest BCUT2D eigenvalue weighted by Gasteiger charge is -2.27. The Hall–Kier alpha value is -1.07. The van der Waals surface area contributed by atoms with E-state index in [2.05, 4.69) is 10.4 Å². The lowest BCUT2D eigenvalue weighted by Crippen LogP contribution is -2.50. The Bertz CT molecular complexity index is 455. The van der Waals surface area contributed by atoms with Crippen molar-refractivity contribution >= 4 is 17.6 Å². The molecule has 0 bridgehead atoms. The van der Waals surface area contributed by atoms with E-state index in [1.807, 2.05) is 24.7 Å². The summed E-state index contributed by atoms with van der Waals surface area (Å²) in [6.07, 6.45) is 4.17. The summed E-state index contributed by atoms with van der Waals surface area (Å²) in [5.41, 5.74) is 0.237. The second-order valence-corrected chi connectivity index (χ2v) is 5.45. The average Bonchev–Trinajstić information content (AvgIpc) is 2.95. The average molecular weight is 286 g/mol. The molecule has 0 radical (unpaired) electrons. The molecule has 1 aromatic heterocycles. The van der Waals surface area contributed by atoms with Crippen LogP contribution in [0, 0.1) is 6.92 Å². The predicted molar refractivity (Wildman–Crippen MR) is 73.3 cm³/mol. The van der Waals surface area contributed by atoms with Crippen LogP contribution in [0.4, 0.5) is 0 Å². The number of rotatable bonds is 4. The maximum atomic E-state index is 12.0. The van der Waals surface area contributed by atoms with Gasteiger partial charge in [0.1, 0.15) is 5.54 Å². The van der Waals surface area contributed by atoms with Gasteiger partial charge in [-0.15, -0.1) is 0 Å². The third-order valence-corrected chi connectivity index (χ3v) is 4.18. The Labute approximate surface area is 118 Å². The molecule has 0 saturated heterocycles. The second kappa shape index (κ2) is 5.51. The van der Waals surface area contributed by atoms with Crippen LogP contribution in [0.5, 0.6) is 0 Å².